The molecule has 4 aromatic rings. The number of hydrogen-bond donors (Lipinski definition) is 0. The van der Waals surface area contributed by atoms with Crippen molar-refractivity contribution in [2.45, 2.75) is 0 Å². The molecule has 3 aromatic carbocycles. The molecule has 1 heterocycles. The Bertz CT molecular complexity index is 1200. The molecule has 0 aliphatic carbocycles. The Morgan fingerprint density at radius 3 is 1.62 bits per heavy atom. The molecule has 7 heteroatoms. The van der Waals surface area contributed by atoms with Crippen molar-refractivity contribution < 1.29 is 19.1 Å². The van der Waals surface area contributed by atoms with Gasteiger partial charge in [-0.3, -0.25) is 0 Å². The third-order valence-corrected chi connectivity index (χ3v) is 5.75. The average molecular weight is 517 g/mol. The van der Waals surface area contributed by atoms with Gasteiger partial charge in [-0.25, -0.2) is 9.59 Å². The summed E-state index contributed by atoms with van der Waals surface area (Å²) in [6.07, 6.45) is 0. The first-order valence-electron chi connectivity index (χ1n) is 8.65. The van der Waals surface area contributed by atoms with Gasteiger partial charge in [-0.1, -0.05) is 37.9 Å². The number of methoxy groups -OCH3 is 2. The monoisotopic (exact) mass is 515 g/mol. The summed E-state index contributed by atoms with van der Waals surface area (Å²) in [6, 6.07) is 16.7. The highest BCUT2D eigenvalue weighted by atomic mass is 79.9. The van der Waals surface area contributed by atoms with Crippen molar-refractivity contribution in [3.63, 3.8) is 0 Å². The van der Waals surface area contributed by atoms with E-state index in [1.165, 1.54) is 14.2 Å². The Kier molecular flexibility index (Phi) is 5.19. The summed E-state index contributed by atoms with van der Waals surface area (Å²) in [5, 5.41) is 1.96. The van der Waals surface area contributed by atoms with Gasteiger partial charge in [0.15, 0.2) is 0 Å². The highest BCUT2D eigenvalue weighted by Gasteiger charge is 2.25. The number of para-hydroxylation sites is 1. The minimum atomic E-state index is -0.532. The first-order valence-corrected chi connectivity index (χ1v) is 10.2. The fourth-order valence-electron chi connectivity index (χ4n) is 3.54. The fourth-order valence-corrected chi connectivity index (χ4v) is 4.26. The molecule has 4 rings (SSSR count). The fraction of sp³-hybridized carbons (Fsp3) is 0.0909. The number of esters is 2. The first kappa shape index (κ1) is 19.7. The van der Waals surface area contributed by atoms with Crippen LogP contribution in [0.2, 0.25) is 0 Å². The van der Waals surface area contributed by atoms with Gasteiger partial charge in [0.05, 0.1) is 42.1 Å². The van der Waals surface area contributed by atoms with Crippen molar-refractivity contribution in [2.75, 3.05) is 14.2 Å². The van der Waals surface area contributed by atoms with E-state index in [1.54, 1.807) is 18.2 Å². The molecule has 0 unspecified atom stereocenters. The average Bonchev–Trinajstić information content (AvgIpc) is 3.04. The number of ether oxygens (including phenoxy) is 2. The molecule has 0 saturated heterocycles. The topological polar surface area (TPSA) is 57.5 Å². The number of carbonyl (C=O) groups is 2. The third kappa shape index (κ3) is 3.24. The maximum atomic E-state index is 12.6. The van der Waals surface area contributed by atoms with E-state index in [0.717, 1.165) is 30.8 Å². The molecule has 5 nitrogen and oxygen atoms in total. The van der Waals surface area contributed by atoms with Crippen molar-refractivity contribution in [3.8, 4) is 5.69 Å². The Hall–Kier alpha value is -2.64. The van der Waals surface area contributed by atoms with Gasteiger partial charge in [0.2, 0.25) is 0 Å². The summed E-state index contributed by atoms with van der Waals surface area (Å²) in [5.74, 6) is -1.06. The number of carbonyl (C=O) groups excluding carboxylic acids is 2. The SMILES string of the molecule is COC(=O)c1cccc(C(=O)OC)c1-n1c2ccc(Br)cc2c2cc(Br)ccc21. The van der Waals surface area contributed by atoms with Crippen molar-refractivity contribution in [1.29, 1.82) is 0 Å². The lowest BCUT2D eigenvalue weighted by Crippen LogP contribution is -2.14. The number of halogens is 2. The largest absolute Gasteiger partial charge is 0.465 e. The van der Waals surface area contributed by atoms with Gasteiger partial charge in [-0.05, 0) is 48.5 Å². The van der Waals surface area contributed by atoms with Crippen LogP contribution in [-0.4, -0.2) is 30.7 Å². The molecular weight excluding hydrogens is 502 g/mol. The van der Waals surface area contributed by atoms with Gasteiger partial charge in [0, 0.05) is 19.7 Å². The molecule has 0 N–H and O–H groups in total. The molecule has 0 aliphatic rings. The predicted octanol–water partition coefficient (Wildman–Crippen LogP) is 5.88. The lowest BCUT2D eigenvalue weighted by molar-refractivity contribution is 0.0599. The maximum absolute atomic E-state index is 12.6. The van der Waals surface area contributed by atoms with Gasteiger partial charge < -0.3 is 14.0 Å². The van der Waals surface area contributed by atoms with Crippen LogP contribution in [0.25, 0.3) is 27.5 Å². The quantitative estimate of drug-likeness (QED) is 0.319. The van der Waals surface area contributed by atoms with Crippen molar-refractivity contribution >= 4 is 65.6 Å². The van der Waals surface area contributed by atoms with Gasteiger partial charge >= 0.3 is 11.9 Å². The zero-order chi connectivity index (χ0) is 20.7. The number of nitrogens with zero attached hydrogens (tertiary/aromatic N) is 1. The second-order valence-electron chi connectivity index (χ2n) is 6.34. The molecule has 1 aromatic heterocycles. The molecule has 29 heavy (non-hydrogen) atoms. The smallest absolute Gasteiger partial charge is 0.340 e. The molecule has 0 saturated carbocycles. The van der Waals surface area contributed by atoms with Crippen LogP contribution in [0.4, 0.5) is 0 Å². The van der Waals surface area contributed by atoms with E-state index in [4.69, 9.17) is 9.47 Å². The standard InChI is InChI=1S/C22H15Br2NO4/c1-28-21(26)14-4-3-5-15(22(27)29-2)20(14)25-18-8-6-12(23)10-16(18)17-11-13(24)7-9-19(17)25/h3-11H,1-2H3. The third-order valence-electron chi connectivity index (χ3n) is 4.76. The summed E-state index contributed by atoms with van der Waals surface area (Å²) in [6.45, 7) is 0. The van der Waals surface area contributed by atoms with E-state index < -0.39 is 11.9 Å². The second kappa shape index (κ2) is 7.65. The molecule has 0 bridgehead atoms. The Morgan fingerprint density at radius 1 is 0.759 bits per heavy atom. The van der Waals surface area contributed by atoms with Crippen LogP contribution in [0.3, 0.4) is 0 Å². The first-order chi connectivity index (χ1) is 14.0. The summed E-state index contributed by atoms with van der Waals surface area (Å²) >= 11 is 7.06. The van der Waals surface area contributed by atoms with Crippen LogP contribution < -0.4 is 0 Å². The number of benzene rings is 3. The van der Waals surface area contributed by atoms with Crippen LogP contribution in [0.15, 0.2) is 63.5 Å². The molecule has 0 amide bonds. The van der Waals surface area contributed by atoms with Gasteiger partial charge in [-0.2, -0.15) is 0 Å². The van der Waals surface area contributed by atoms with Crippen molar-refractivity contribution in [2.24, 2.45) is 0 Å². The predicted molar refractivity (Wildman–Crippen MR) is 119 cm³/mol. The lowest BCUT2D eigenvalue weighted by Gasteiger charge is -2.16. The minimum Gasteiger partial charge on any atom is -0.465 e. The Labute approximate surface area is 183 Å². The summed E-state index contributed by atoms with van der Waals surface area (Å²) in [7, 11) is 2.63. The number of fused-ring (bicyclic) bond motifs is 3. The Morgan fingerprint density at radius 2 is 1.21 bits per heavy atom. The van der Waals surface area contributed by atoms with Crippen LogP contribution in [0.1, 0.15) is 20.7 Å². The molecule has 0 atom stereocenters. The highest BCUT2D eigenvalue weighted by molar-refractivity contribution is 9.10. The zero-order valence-electron chi connectivity index (χ0n) is 15.5. The van der Waals surface area contributed by atoms with E-state index >= 15 is 0 Å². The number of rotatable bonds is 3. The summed E-state index contributed by atoms with van der Waals surface area (Å²) in [5.41, 5.74) is 2.68. The number of hydrogen-bond acceptors (Lipinski definition) is 4. The second-order valence-corrected chi connectivity index (χ2v) is 8.17. The van der Waals surface area contributed by atoms with Crippen molar-refractivity contribution in [3.05, 3.63) is 74.7 Å². The lowest BCUT2D eigenvalue weighted by atomic mass is 10.1. The summed E-state index contributed by atoms with van der Waals surface area (Å²) in [4.78, 5) is 25.1. The Balaban J connectivity index is 2.23. The number of aromatic nitrogens is 1. The molecule has 146 valence electrons. The van der Waals surface area contributed by atoms with E-state index in [2.05, 4.69) is 31.9 Å². The van der Waals surface area contributed by atoms with Crippen LogP contribution in [0, 0.1) is 0 Å². The molecule has 0 spiro atoms. The molecular formula is C22H15Br2NO4. The molecule has 0 aliphatic heterocycles. The van der Waals surface area contributed by atoms with Crippen molar-refractivity contribution in [1.82, 2.24) is 4.57 Å². The van der Waals surface area contributed by atoms with E-state index in [1.807, 2.05) is 41.0 Å². The van der Waals surface area contributed by atoms with Crippen LogP contribution in [0.5, 0.6) is 0 Å². The van der Waals surface area contributed by atoms with Gasteiger partial charge in [0.25, 0.3) is 0 Å². The van der Waals surface area contributed by atoms with Crippen LogP contribution >= 0.6 is 31.9 Å². The molecule has 0 radical (unpaired) electrons. The maximum Gasteiger partial charge on any atom is 0.340 e. The van der Waals surface area contributed by atoms with Crippen LogP contribution in [-0.2, 0) is 9.47 Å². The highest BCUT2D eigenvalue weighted by Crippen LogP contribution is 2.37. The van der Waals surface area contributed by atoms with E-state index in [0.29, 0.717) is 5.69 Å². The summed E-state index contributed by atoms with van der Waals surface area (Å²) < 4.78 is 13.7. The van der Waals surface area contributed by atoms with Gasteiger partial charge in [0.1, 0.15) is 0 Å². The van der Waals surface area contributed by atoms with E-state index in [-0.39, 0.29) is 11.1 Å². The van der Waals surface area contributed by atoms with E-state index in [9.17, 15) is 9.59 Å². The molecule has 0 fully saturated rings. The zero-order valence-corrected chi connectivity index (χ0v) is 18.7. The van der Waals surface area contributed by atoms with Gasteiger partial charge in [-0.15, -0.1) is 0 Å². The normalized spacial score (nSPS) is 11.0. The minimum absolute atomic E-state index is 0.278.